The van der Waals surface area contributed by atoms with Crippen LogP contribution in [0.2, 0.25) is 0 Å². The molecule has 1 aliphatic heterocycles. The van der Waals surface area contributed by atoms with Gasteiger partial charge >= 0.3 is 5.97 Å². The fourth-order valence-corrected chi connectivity index (χ4v) is 7.10. The number of rotatable bonds is 11. The second-order valence-electron chi connectivity index (χ2n) is 15.3. The lowest BCUT2D eigenvalue weighted by Crippen LogP contribution is -2.39. The molecule has 7 heteroatoms. The van der Waals surface area contributed by atoms with Gasteiger partial charge in [0, 0.05) is 36.3 Å². The van der Waals surface area contributed by atoms with E-state index in [2.05, 4.69) is 30.9 Å². The van der Waals surface area contributed by atoms with Crippen LogP contribution < -0.4 is 9.64 Å². The first kappa shape index (κ1) is 34.9. The molecule has 254 valence electrons. The molecule has 1 aliphatic carbocycles. The van der Waals surface area contributed by atoms with Gasteiger partial charge in [0.2, 0.25) is 0 Å². The molecule has 47 heavy (non-hydrogen) atoms. The van der Waals surface area contributed by atoms with Gasteiger partial charge in [-0.3, -0.25) is 4.98 Å². The molecule has 6 nitrogen and oxygen atoms in total. The van der Waals surface area contributed by atoms with Crippen molar-refractivity contribution in [2.45, 2.75) is 111 Å². The SMILES string of the molecule is Cc1nc(CC2CCCCC2)c(-c2ccc(OCCc3ccc(F)cc3)cc2)c(N2CCC(C)(C)CC2)c1[C@H](OC(C)(C)C)C(=O)O. The number of hydrogen-bond donors (Lipinski definition) is 1. The average Bonchev–Trinajstić information content (AvgIpc) is 3.01. The third kappa shape index (κ3) is 9.13. The van der Waals surface area contributed by atoms with Crippen LogP contribution in [0.3, 0.4) is 0 Å². The topological polar surface area (TPSA) is 71.9 Å². The van der Waals surface area contributed by atoms with Crippen molar-refractivity contribution in [2.24, 2.45) is 11.3 Å². The summed E-state index contributed by atoms with van der Waals surface area (Å²) in [5.41, 5.74) is 6.02. The minimum atomic E-state index is -1.15. The Kier molecular flexibility index (Phi) is 11.0. The number of carbonyl (C=O) groups is 1. The first-order chi connectivity index (χ1) is 22.3. The molecule has 2 fully saturated rings. The highest BCUT2D eigenvalue weighted by molar-refractivity contribution is 5.88. The summed E-state index contributed by atoms with van der Waals surface area (Å²) in [6, 6.07) is 14.7. The maximum Gasteiger partial charge on any atom is 0.337 e. The van der Waals surface area contributed by atoms with Crippen LogP contribution in [0, 0.1) is 24.1 Å². The van der Waals surface area contributed by atoms with Crippen LogP contribution in [-0.4, -0.2) is 41.4 Å². The third-order valence-corrected chi connectivity index (χ3v) is 9.79. The van der Waals surface area contributed by atoms with Gasteiger partial charge in [-0.05, 0) is 93.7 Å². The van der Waals surface area contributed by atoms with Crippen LogP contribution in [0.1, 0.15) is 108 Å². The first-order valence-corrected chi connectivity index (χ1v) is 17.5. The third-order valence-electron chi connectivity index (χ3n) is 9.79. The molecule has 2 aliphatic rings. The monoisotopic (exact) mass is 644 g/mol. The van der Waals surface area contributed by atoms with Crippen LogP contribution in [0.4, 0.5) is 10.1 Å². The van der Waals surface area contributed by atoms with E-state index >= 15 is 0 Å². The van der Waals surface area contributed by atoms with E-state index < -0.39 is 17.7 Å². The molecular formula is C40H53FN2O4. The minimum Gasteiger partial charge on any atom is -0.493 e. The molecule has 1 saturated carbocycles. The van der Waals surface area contributed by atoms with Crippen molar-refractivity contribution in [1.29, 1.82) is 0 Å². The molecule has 0 bridgehead atoms. The van der Waals surface area contributed by atoms with Gasteiger partial charge in [-0.1, -0.05) is 70.2 Å². The zero-order valence-corrected chi connectivity index (χ0v) is 29.2. The van der Waals surface area contributed by atoms with Gasteiger partial charge in [0.05, 0.1) is 23.6 Å². The Hall–Kier alpha value is -3.45. The summed E-state index contributed by atoms with van der Waals surface area (Å²) < 4.78 is 25.7. The van der Waals surface area contributed by atoms with Crippen LogP contribution in [0.5, 0.6) is 5.75 Å². The number of anilines is 1. The van der Waals surface area contributed by atoms with Gasteiger partial charge in [-0.15, -0.1) is 0 Å². The summed E-state index contributed by atoms with van der Waals surface area (Å²) in [6.45, 7) is 14.5. The minimum absolute atomic E-state index is 0.227. The Bertz CT molecular complexity index is 1500. The fourth-order valence-electron chi connectivity index (χ4n) is 7.10. The highest BCUT2D eigenvalue weighted by Crippen LogP contribution is 2.46. The molecule has 5 rings (SSSR count). The van der Waals surface area contributed by atoms with E-state index in [1.165, 1.54) is 44.2 Å². The second-order valence-corrected chi connectivity index (χ2v) is 15.3. The lowest BCUT2D eigenvalue weighted by atomic mass is 9.81. The van der Waals surface area contributed by atoms with Crippen LogP contribution in [0.25, 0.3) is 11.1 Å². The summed E-state index contributed by atoms with van der Waals surface area (Å²) in [6.07, 6.45) is 8.61. The lowest BCUT2D eigenvalue weighted by molar-refractivity contribution is -0.160. The largest absolute Gasteiger partial charge is 0.493 e. The van der Waals surface area contributed by atoms with Gasteiger partial charge in [0.1, 0.15) is 11.6 Å². The molecule has 0 amide bonds. The number of aromatic nitrogens is 1. The van der Waals surface area contributed by atoms with E-state index in [9.17, 15) is 14.3 Å². The molecule has 1 N–H and O–H groups in total. The van der Waals surface area contributed by atoms with Crippen molar-refractivity contribution in [3.8, 4) is 16.9 Å². The van der Waals surface area contributed by atoms with Crippen molar-refractivity contribution in [3.63, 3.8) is 0 Å². The number of aliphatic carboxylic acids is 1. The Morgan fingerprint density at radius 3 is 2.26 bits per heavy atom. The number of pyridine rings is 1. The molecule has 1 aromatic heterocycles. The molecule has 1 saturated heterocycles. The number of carboxylic acids is 1. The predicted molar refractivity (Wildman–Crippen MR) is 187 cm³/mol. The van der Waals surface area contributed by atoms with Gasteiger partial charge < -0.3 is 19.5 Å². The van der Waals surface area contributed by atoms with Gasteiger partial charge in [-0.25, -0.2) is 9.18 Å². The van der Waals surface area contributed by atoms with Crippen molar-refractivity contribution < 1.29 is 23.8 Å². The summed E-state index contributed by atoms with van der Waals surface area (Å²) in [5, 5.41) is 10.6. The summed E-state index contributed by atoms with van der Waals surface area (Å²) in [4.78, 5) is 20.6. The number of benzene rings is 2. The number of piperidine rings is 1. The van der Waals surface area contributed by atoms with Crippen molar-refractivity contribution in [1.82, 2.24) is 4.98 Å². The number of nitrogens with zero attached hydrogens (tertiary/aromatic N) is 2. The van der Waals surface area contributed by atoms with E-state index in [1.54, 1.807) is 12.1 Å². The number of ether oxygens (including phenoxy) is 2. The Balaban J connectivity index is 1.58. The Morgan fingerprint density at radius 2 is 1.66 bits per heavy atom. The van der Waals surface area contributed by atoms with E-state index in [0.717, 1.165) is 71.9 Å². The molecule has 0 spiro atoms. The second kappa shape index (κ2) is 14.8. The molecular weight excluding hydrogens is 591 g/mol. The summed E-state index contributed by atoms with van der Waals surface area (Å²) in [7, 11) is 0. The normalized spacial score (nSPS) is 17.8. The number of aryl methyl sites for hydroxylation is 1. The molecule has 3 aromatic rings. The lowest BCUT2D eigenvalue weighted by Gasteiger charge is -2.41. The fraction of sp³-hybridized carbons (Fsp3) is 0.550. The summed E-state index contributed by atoms with van der Waals surface area (Å²) >= 11 is 0. The first-order valence-electron chi connectivity index (χ1n) is 17.5. The molecule has 2 heterocycles. The molecule has 1 atom stereocenters. The van der Waals surface area contributed by atoms with E-state index in [0.29, 0.717) is 24.5 Å². The van der Waals surface area contributed by atoms with Gasteiger partial charge in [0.25, 0.3) is 0 Å². The maximum atomic E-state index is 13.3. The van der Waals surface area contributed by atoms with E-state index in [-0.39, 0.29) is 11.2 Å². The zero-order valence-electron chi connectivity index (χ0n) is 29.2. The Morgan fingerprint density at radius 1 is 1.02 bits per heavy atom. The highest BCUT2D eigenvalue weighted by atomic mass is 19.1. The van der Waals surface area contributed by atoms with Crippen molar-refractivity contribution >= 4 is 11.7 Å². The predicted octanol–water partition coefficient (Wildman–Crippen LogP) is 9.51. The number of halogens is 1. The molecule has 0 radical (unpaired) electrons. The summed E-state index contributed by atoms with van der Waals surface area (Å²) in [5.74, 6) is 0.0720. The van der Waals surface area contributed by atoms with Gasteiger partial charge in [-0.2, -0.15) is 0 Å². The average molecular weight is 645 g/mol. The van der Waals surface area contributed by atoms with Crippen LogP contribution >= 0.6 is 0 Å². The van der Waals surface area contributed by atoms with E-state index in [4.69, 9.17) is 14.5 Å². The van der Waals surface area contributed by atoms with Crippen molar-refractivity contribution in [3.05, 3.63) is 76.9 Å². The Labute approximate surface area is 280 Å². The highest BCUT2D eigenvalue weighted by Gasteiger charge is 2.37. The molecule has 0 unspecified atom stereocenters. The molecule has 2 aromatic carbocycles. The van der Waals surface area contributed by atoms with Crippen LogP contribution in [0.15, 0.2) is 48.5 Å². The zero-order chi connectivity index (χ0) is 33.8. The van der Waals surface area contributed by atoms with Crippen molar-refractivity contribution in [2.75, 3.05) is 24.6 Å². The maximum absolute atomic E-state index is 13.3. The van der Waals surface area contributed by atoms with Crippen LogP contribution in [-0.2, 0) is 22.4 Å². The van der Waals surface area contributed by atoms with Gasteiger partial charge in [0.15, 0.2) is 6.10 Å². The smallest absolute Gasteiger partial charge is 0.337 e. The van der Waals surface area contributed by atoms with E-state index in [1.807, 2.05) is 39.8 Å². The standard InChI is InChI=1S/C40H53FN2O4/c1-27-34(37(38(44)45)47-39(2,3)4)36(43-23-21-40(5,6)22-24-43)35(33(42-27)26-29-10-8-7-9-11-29)30-14-18-32(19-15-30)46-25-20-28-12-16-31(41)17-13-28/h12-19,29,37H,7-11,20-26H2,1-6H3,(H,44,45)/t37-/m0/s1. The number of hydrogen-bond acceptors (Lipinski definition) is 5. The quantitative estimate of drug-likeness (QED) is 0.224. The number of carboxylic acid groups (broad SMARTS) is 1.